The Labute approximate surface area is 131 Å². The van der Waals surface area contributed by atoms with Gasteiger partial charge < -0.3 is 14.9 Å². The number of carboxylic acid groups (broad SMARTS) is 1. The number of likely N-dealkylation sites (N-methyl/N-ethyl adjacent to an activating group) is 1. The van der Waals surface area contributed by atoms with Crippen molar-refractivity contribution in [1.29, 1.82) is 0 Å². The fraction of sp³-hybridized carbons (Fsp3) is 0.455. The number of nitrogens with zero attached hydrogens (tertiary/aromatic N) is 3. The largest absolute Gasteiger partial charge is 0.478 e. The average molecular weight is 331 g/mol. The molecule has 0 radical (unpaired) electrons. The smallest absolute Gasteiger partial charge is 0.337 e. The minimum Gasteiger partial charge on any atom is -0.478 e. The first-order valence-electron chi connectivity index (χ1n) is 5.28. The van der Waals surface area contributed by atoms with Crippen LogP contribution in [0, 0.1) is 0 Å². The lowest BCUT2D eigenvalue weighted by Crippen LogP contribution is -2.44. The highest BCUT2D eigenvalue weighted by molar-refractivity contribution is 5.88. The van der Waals surface area contributed by atoms with Gasteiger partial charge in [0.1, 0.15) is 0 Å². The Kier molecular flexibility index (Phi) is 9.96. The number of aromatic nitrogens is 1. The van der Waals surface area contributed by atoms with Crippen molar-refractivity contribution in [3.05, 3.63) is 24.0 Å². The third-order valence-electron chi connectivity index (χ3n) is 2.84. The van der Waals surface area contributed by atoms with Crippen LogP contribution in [0.2, 0.25) is 0 Å². The van der Waals surface area contributed by atoms with Crippen LogP contribution in [0.3, 0.4) is 0 Å². The molecular weight excluding hydrogens is 312 g/mol. The fourth-order valence-corrected chi connectivity index (χ4v) is 1.78. The Morgan fingerprint density at radius 2 is 1.74 bits per heavy atom. The summed E-state index contributed by atoms with van der Waals surface area (Å²) in [5.74, 6) is -0.927. The van der Waals surface area contributed by atoms with Gasteiger partial charge in [-0.05, 0) is 13.1 Å². The van der Waals surface area contributed by atoms with Gasteiger partial charge in [0.25, 0.3) is 0 Å². The molecule has 110 valence electrons. The quantitative estimate of drug-likeness (QED) is 0.896. The normalized spacial score (nSPS) is 14.7. The van der Waals surface area contributed by atoms with E-state index in [1.54, 1.807) is 12.3 Å². The van der Waals surface area contributed by atoms with Gasteiger partial charge in [-0.3, -0.25) is 4.98 Å². The van der Waals surface area contributed by atoms with Crippen molar-refractivity contribution in [3.8, 4) is 0 Å². The average Bonchev–Trinajstić information content (AvgIpc) is 2.30. The zero-order chi connectivity index (χ0) is 11.5. The molecule has 0 bridgehead atoms. The van der Waals surface area contributed by atoms with Crippen molar-refractivity contribution >= 4 is 48.9 Å². The van der Waals surface area contributed by atoms with Gasteiger partial charge >= 0.3 is 5.97 Å². The lowest BCUT2D eigenvalue weighted by molar-refractivity contribution is 0.0696. The van der Waals surface area contributed by atoms with Crippen molar-refractivity contribution < 1.29 is 9.90 Å². The van der Waals surface area contributed by atoms with Crippen molar-refractivity contribution in [2.24, 2.45) is 0 Å². The van der Waals surface area contributed by atoms with Crippen molar-refractivity contribution in [1.82, 2.24) is 9.88 Å². The van der Waals surface area contributed by atoms with E-state index in [0.717, 1.165) is 31.9 Å². The predicted octanol–water partition coefficient (Wildman–Crippen LogP) is 1.80. The Hall–Kier alpha value is -0.750. The topological polar surface area (TPSA) is 56.7 Å². The molecule has 2 rings (SSSR count). The summed E-state index contributed by atoms with van der Waals surface area (Å²) in [4.78, 5) is 19.2. The molecule has 0 aliphatic carbocycles. The molecule has 8 heteroatoms. The number of pyridine rings is 1. The van der Waals surface area contributed by atoms with Crippen molar-refractivity contribution in [2.75, 3.05) is 38.1 Å². The second-order valence-electron chi connectivity index (χ2n) is 4.03. The molecule has 0 aromatic carbocycles. The summed E-state index contributed by atoms with van der Waals surface area (Å²) in [6, 6.07) is 1.68. The minimum atomic E-state index is -0.927. The molecular formula is C11H18Cl3N3O2. The molecule has 19 heavy (non-hydrogen) atoms. The van der Waals surface area contributed by atoms with Crippen LogP contribution >= 0.6 is 37.2 Å². The van der Waals surface area contributed by atoms with E-state index in [9.17, 15) is 4.79 Å². The Bertz CT molecular complexity index is 399. The van der Waals surface area contributed by atoms with Crippen LogP contribution < -0.4 is 4.90 Å². The number of rotatable bonds is 2. The Balaban J connectivity index is 0. The van der Waals surface area contributed by atoms with E-state index in [4.69, 9.17) is 5.11 Å². The van der Waals surface area contributed by atoms with Crippen LogP contribution in [0.1, 0.15) is 10.4 Å². The summed E-state index contributed by atoms with van der Waals surface area (Å²) < 4.78 is 0. The monoisotopic (exact) mass is 329 g/mol. The first-order chi connectivity index (χ1) is 7.66. The van der Waals surface area contributed by atoms with Crippen LogP contribution in [0.25, 0.3) is 0 Å². The number of anilines is 1. The highest BCUT2D eigenvalue weighted by Crippen LogP contribution is 2.16. The molecule has 0 unspecified atom stereocenters. The van der Waals surface area contributed by atoms with Gasteiger partial charge in [0.2, 0.25) is 0 Å². The first-order valence-corrected chi connectivity index (χ1v) is 5.28. The Morgan fingerprint density at radius 1 is 1.16 bits per heavy atom. The third kappa shape index (κ3) is 5.40. The second kappa shape index (κ2) is 9.20. The van der Waals surface area contributed by atoms with Crippen LogP contribution in [0.5, 0.6) is 0 Å². The number of carboxylic acids is 1. The molecule has 1 saturated heterocycles. The SMILES string of the molecule is CN1CCN(c2cncc(C(=O)O)c2)CC1.Cl.Cl.Cl. The molecule has 0 spiro atoms. The molecule has 1 aliphatic rings. The van der Waals surface area contributed by atoms with Crippen LogP contribution in [-0.2, 0) is 0 Å². The number of halogens is 3. The molecule has 1 N–H and O–H groups in total. The Morgan fingerprint density at radius 3 is 2.26 bits per heavy atom. The molecule has 2 heterocycles. The number of carbonyl (C=O) groups is 1. The highest BCUT2D eigenvalue weighted by atomic mass is 35.5. The van der Waals surface area contributed by atoms with Crippen LogP contribution in [0.4, 0.5) is 5.69 Å². The number of hydrogen-bond acceptors (Lipinski definition) is 4. The zero-order valence-electron chi connectivity index (χ0n) is 10.5. The maximum Gasteiger partial charge on any atom is 0.337 e. The van der Waals surface area contributed by atoms with Gasteiger partial charge in [-0.25, -0.2) is 4.79 Å². The molecule has 1 aromatic heterocycles. The maximum absolute atomic E-state index is 10.8. The van der Waals surface area contributed by atoms with Crippen molar-refractivity contribution in [3.63, 3.8) is 0 Å². The van der Waals surface area contributed by atoms with Gasteiger partial charge in [-0.15, -0.1) is 37.2 Å². The highest BCUT2D eigenvalue weighted by Gasteiger charge is 2.15. The first kappa shape index (κ1) is 20.6. The van der Waals surface area contributed by atoms with E-state index in [1.165, 1.54) is 6.20 Å². The summed E-state index contributed by atoms with van der Waals surface area (Å²) in [5.41, 5.74) is 1.14. The summed E-state index contributed by atoms with van der Waals surface area (Å²) in [5, 5.41) is 8.88. The number of piperazine rings is 1. The molecule has 1 aromatic rings. The summed E-state index contributed by atoms with van der Waals surface area (Å²) in [6.45, 7) is 3.83. The van der Waals surface area contributed by atoms with Gasteiger partial charge in [0.05, 0.1) is 17.4 Å². The molecule has 1 fully saturated rings. The second-order valence-corrected chi connectivity index (χ2v) is 4.03. The molecule has 0 amide bonds. The van der Waals surface area contributed by atoms with Gasteiger partial charge in [0.15, 0.2) is 0 Å². The van der Waals surface area contributed by atoms with Crippen molar-refractivity contribution in [2.45, 2.75) is 0 Å². The van der Waals surface area contributed by atoms with E-state index in [2.05, 4.69) is 21.8 Å². The summed E-state index contributed by atoms with van der Waals surface area (Å²) in [6.07, 6.45) is 3.10. The standard InChI is InChI=1S/C11H15N3O2.3ClH/c1-13-2-4-14(5-3-13)10-6-9(11(15)16)7-12-8-10;;;/h6-8H,2-5H2,1H3,(H,15,16);3*1H. The lowest BCUT2D eigenvalue weighted by atomic mass is 10.2. The maximum atomic E-state index is 10.8. The van der Waals surface area contributed by atoms with E-state index < -0.39 is 5.97 Å². The van der Waals surface area contributed by atoms with Gasteiger partial charge in [-0.2, -0.15) is 0 Å². The van der Waals surface area contributed by atoms with Gasteiger partial charge in [-0.1, -0.05) is 0 Å². The number of hydrogen-bond donors (Lipinski definition) is 1. The fourth-order valence-electron chi connectivity index (χ4n) is 1.78. The molecule has 1 aliphatic heterocycles. The minimum absolute atomic E-state index is 0. The van der Waals surface area contributed by atoms with Crippen LogP contribution in [0.15, 0.2) is 18.5 Å². The third-order valence-corrected chi connectivity index (χ3v) is 2.84. The van der Waals surface area contributed by atoms with E-state index in [0.29, 0.717) is 0 Å². The summed E-state index contributed by atoms with van der Waals surface area (Å²) >= 11 is 0. The van der Waals surface area contributed by atoms with Crippen LogP contribution in [-0.4, -0.2) is 54.2 Å². The van der Waals surface area contributed by atoms with E-state index >= 15 is 0 Å². The lowest BCUT2D eigenvalue weighted by Gasteiger charge is -2.33. The molecule has 0 atom stereocenters. The zero-order valence-corrected chi connectivity index (χ0v) is 12.9. The predicted molar refractivity (Wildman–Crippen MR) is 82.7 cm³/mol. The number of aromatic carboxylic acids is 1. The summed E-state index contributed by atoms with van der Waals surface area (Å²) in [7, 11) is 2.09. The molecule has 5 nitrogen and oxygen atoms in total. The van der Waals surface area contributed by atoms with Gasteiger partial charge in [0, 0.05) is 32.4 Å². The van der Waals surface area contributed by atoms with E-state index in [1.807, 2.05) is 0 Å². The van der Waals surface area contributed by atoms with E-state index in [-0.39, 0.29) is 42.8 Å². The molecule has 0 saturated carbocycles.